The van der Waals surface area contributed by atoms with Crippen molar-refractivity contribution in [1.82, 2.24) is 10.6 Å². The molecule has 19 heavy (non-hydrogen) atoms. The molecular formula is C14H19ClN2O2. The Labute approximate surface area is 118 Å². The maximum atomic E-state index is 11.7. The van der Waals surface area contributed by atoms with Crippen LogP contribution in [-0.2, 0) is 11.3 Å². The second-order valence-corrected chi connectivity index (χ2v) is 5.23. The lowest BCUT2D eigenvalue weighted by Crippen LogP contribution is -2.45. The highest BCUT2D eigenvalue weighted by Gasteiger charge is 2.23. The van der Waals surface area contributed by atoms with Gasteiger partial charge in [-0.2, -0.15) is 0 Å². The van der Waals surface area contributed by atoms with Gasteiger partial charge in [0.15, 0.2) is 0 Å². The van der Waals surface area contributed by atoms with Crippen LogP contribution < -0.4 is 10.6 Å². The van der Waals surface area contributed by atoms with Crippen molar-refractivity contribution in [3.8, 4) is 0 Å². The number of rotatable bonds is 4. The number of hydrogen-bond donors (Lipinski definition) is 2. The van der Waals surface area contributed by atoms with Gasteiger partial charge in [-0.25, -0.2) is 4.79 Å². The minimum Gasteiger partial charge on any atom is -0.376 e. The maximum absolute atomic E-state index is 11.7. The zero-order valence-corrected chi connectivity index (χ0v) is 11.7. The Hall–Kier alpha value is -1.26. The second kappa shape index (κ2) is 6.78. The summed E-state index contributed by atoms with van der Waals surface area (Å²) in [5, 5.41) is 6.42. The molecule has 0 radical (unpaired) electrons. The van der Waals surface area contributed by atoms with E-state index in [1.165, 1.54) is 0 Å². The molecule has 1 heterocycles. The Morgan fingerprint density at radius 1 is 1.47 bits per heavy atom. The summed E-state index contributed by atoms with van der Waals surface area (Å²) in [6.45, 7) is 3.25. The number of urea groups is 1. The molecular weight excluding hydrogens is 264 g/mol. The van der Waals surface area contributed by atoms with Crippen LogP contribution in [0.25, 0.3) is 0 Å². The average Bonchev–Trinajstić information content (AvgIpc) is 2.92. The molecule has 1 saturated heterocycles. The Kier molecular flexibility index (Phi) is 5.05. The molecule has 104 valence electrons. The van der Waals surface area contributed by atoms with Gasteiger partial charge in [-0.15, -0.1) is 0 Å². The molecule has 0 bridgehead atoms. The van der Waals surface area contributed by atoms with Gasteiger partial charge < -0.3 is 15.4 Å². The number of amides is 2. The molecule has 1 aliphatic heterocycles. The monoisotopic (exact) mass is 282 g/mol. The molecule has 2 N–H and O–H groups in total. The van der Waals surface area contributed by atoms with Gasteiger partial charge in [-0.05, 0) is 37.5 Å². The molecule has 1 fully saturated rings. The van der Waals surface area contributed by atoms with Crippen molar-refractivity contribution in [3.05, 3.63) is 34.9 Å². The van der Waals surface area contributed by atoms with Crippen molar-refractivity contribution in [2.45, 2.75) is 38.5 Å². The van der Waals surface area contributed by atoms with Crippen molar-refractivity contribution in [2.24, 2.45) is 0 Å². The highest BCUT2D eigenvalue weighted by Crippen LogP contribution is 2.15. The highest BCUT2D eigenvalue weighted by atomic mass is 35.5. The molecule has 1 aromatic rings. The third kappa shape index (κ3) is 4.40. The summed E-state index contributed by atoms with van der Waals surface area (Å²) in [7, 11) is 0. The molecule has 2 amide bonds. The lowest BCUT2D eigenvalue weighted by molar-refractivity contribution is 0.0860. The van der Waals surface area contributed by atoms with Crippen LogP contribution in [0.15, 0.2) is 24.3 Å². The highest BCUT2D eigenvalue weighted by molar-refractivity contribution is 6.30. The first-order chi connectivity index (χ1) is 9.15. The Balaban J connectivity index is 1.73. The van der Waals surface area contributed by atoms with E-state index >= 15 is 0 Å². The standard InChI is InChI=1S/C14H19ClN2O2/c1-10(13-3-2-8-19-13)17-14(18)16-9-11-4-6-12(15)7-5-11/h4-7,10,13H,2-3,8-9H2,1H3,(H2,16,17,18)/t10-,13+/m0/s1. The average molecular weight is 283 g/mol. The van der Waals surface area contributed by atoms with Crippen molar-refractivity contribution < 1.29 is 9.53 Å². The number of nitrogens with one attached hydrogen (secondary N) is 2. The van der Waals surface area contributed by atoms with E-state index < -0.39 is 0 Å². The number of hydrogen-bond acceptors (Lipinski definition) is 2. The van der Waals surface area contributed by atoms with E-state index in [0.717, 1.165) is 25.0 Å². The fourth-order valence-electron chi connectivity index (χ4n) is 2.13. The molecule has 0 aliphatic carbocycles. The largest absolute Gasteiger partial charge is 0.376 e. The van der Waals surface area contributed by atoms with Gasteiger partial charge >= 0.3 is 6.03 Å². The van der Waals surface area contributed by atoms with Crippen LogP contribution in [-0.4, -0.2) is 24.8 Å². The fraction of sp³-hybridized carbons (Fsp3) is 0.500. The van der Waals surface area contributed by atoms with E-state index in [1.807, 2.05) is 31.2 Å². The smallest absolute Gasteiger partial charge is 0.315 e. The van der Waals surface area contributed by atoms with Crippen LogP contribution in [0.5, 0.6) is 0 Å². The number of carbonyl (C=O) groups is 1. The van der Waals surface area contributed by atoms with E-state index in [0.29, 0.717) is 11.6 Å². The molecule has 0 aromatic heterocycles. The topological polar surface area (TPSA) is 50.4 Å². The van der Waals surface area contributed by atoms with E-state index in [1.54, 1.807) is 0 Å². The number of ether oxygens (including phenoxy) is 1. The number of halogens is 1. The van der Waals surface area contributed by atoms with Gasteiger partial charge in [0.2, 0.25) is 0 Å². The SMILES string of the molecule is C[C@H](NC(=O)NCc1ccc(Cl)cc1)[C@H]1CCCO1. The van der Waals surface area contributed by atoms with Crippen LogP contribution in [0.1, 0.15) is 25.3 Å². The molecule has 0 saturated carbocycles. The van der Waals surface area contributed by atoms with Crippen molar-refractivity contribution in [2.75, 3.05) is 6.61 Å². The molecule has 4 nitrogen and oxygen atoms in total. The molecule has 2 atom stereocenters. The molecule has 1 aliphatic rings. The van der Waals surface area contributed by atoms with E-state index in [4.69, 9.17) is 16.3 Å². The summed E-state index contributed by atoms with van der Waals surface area (Å²) >= 11 is 5.80. The van der Waals surface area contributed by atoms with Crippen molar-refractivity contribution >= 4 is 17.6 Å². The van der Waals surface area contributed by atoms with Crippen LogP contribution in [0.2, 0.25) is 5.02 Å². The quantitative estimate of drug-likeness (QED) is 0.892. The first-order valence-electron chi connectivity index (χ1n) is 6.55. The molecule has 0 unspecified atom stereocenters. The summed E-state index contributed by atoms with van der Waals surface area (Å²) in [5.41, 5.74) is 1.02. The zero-order valence-electron chi connectivity index (χ0n) is 11.0. The van der Waals surface area contributed by atoms with Gasteiger partial charge in [-0.1, -0.05) is 23.7 Å². The molecule has 0 spiro atoms. The third-order valence-electron chi connectivity index (χ3n) is 3.25. The minimum absolute atomic E-state index is 0.0349. The molecule has 2 rings (SSSR count). The van der Waals surface area contributed by atoms with Crippen LogP contribution in [0.3, 0.4) is 0 Å². The summed E-state index contributed by atoms with van der Waals surface area (Å²) < 4.78 is 5.53. The minimum atomic E-state index is -0.169. The zero-order chi connectivity index (χ0) is 13.7. The van der Waals surface area contributed by atoms with Gasteiger partial charge in [0.05, 0.1) is 12.1 Å². The first-order valence-corrected chi connectivity index (χ1v) is 6.93. The van der Waals surface area contributed by atoms with Crippen LogP contribution in [0, 0.1) is 0 Å². The van der Waals surface area contributed by atoms with E-state index in [9.17, 15) is 4.79 Å². The van der Waals surface area contributed by atoms with Gasteiger partial charge in [0.25, 0.3) is 0 Å². The van der Waals surface area contributed by atoms with E-state index in [-0.39, 0.29) is 18.2 Å². The Morgan fingerprint density at radius 3 is 2.84 bits per heavy atom. The van der Waals surface area contributed by atoms with Crippen LogP contribution in [0.4, 0.5) is 4.79 Å². The Morgan fingerprint density at radius 2 is 2.21 bits per heavy atom. The summed E-state index contributed by atoms with van der Waals surface area (Å²) in [4.78, 5) is 11.7. The molecule has 1 aromatic carbocycles. The normalized spacial score (nSPS) is 20.0. The predicted octanol–water partition coefficient (Wildman–Crippen LogP) is 2.71. The van der Waals surface area contributed by atoms with Gasteiger partial charge in [0.1, 0.15) is 0 Å². The fourth-order valence-corrected chi connectivity index (χ4v) is 2.26. The Bertz CT molecular complexity index is 416. The lowest BCUT2D eigenvalue weighted by atomic mass is 10.1. The van der Waals surface area contributed by atoms with Crippen LogP contribution >= 0.6 is 11.6 Å². The van der Waals surface area contributed by atoms with Crippen molar-refractivity contribution in [3.63, 3.8) is 0 Å². The maximum Gasteiger partial charge on any atom is 0.315 e. The van der Waals surface area contributed by atoms with Gasteiger partial charge in [-0.3, -0.25) is 0 Å². The second-order valence-electron chi connectivity index (χ2n) is 4.79. The van der Waals surface area contributed by atoms with Crippen molar-refractivity contribution in [1.29, 1.82) is 0 Å². The molecule has 5 heteroatoms. The first kappa shape index (κ1) is 14.2. The predicted molar refractivity (Wildman–Crippen MR) is 75.3 cm³/mol. The van der Waals surface area contributed by atoms with E-state index in [2.05, 4.69) is 10.6 Å². The lowest BCUT2D eigenvalue weighted by Gasteiger charge is -2.20. The third-order valence-corrected chi connectivity index (χ3v) is 3.50. The van der Waals surface area contributed by atoms with Gasteiger partial charge in [0, 0.05) is 18.2 Å². The number of carbonyl (C=O) groups excluding carboxylic acids is 1. The number of benzene rings is 1. The summed E-state index contributed by atoms with van der Waals surface area (Å²) in [5.74, 6) is 0. The summed E-state index contributed by atoms with van der Waals surface area (Å²) in [6, 6.07) is 7.28. The summed E-state index contributed by atoms with van der Waals surface area (Å²) in [6.07, 6.45) is 2.23.